The predicted molar refractivity (Wildman–Crippen MR) is 125 cm³/mol. The number of sulfonamides is 1. The molecular weight excluding hydrogens is 390 g/mol. The Labute approximate surface area is 183 Å². The van der Waals surface area contributed by atoms with E-state index in [0.29, 0.717) is 11.4 Å². The van der Waals surface area contributed by atoms with Crippen molar-refractivity contribution in [1.29, 1.82) is 0 Å². The van der Waals surface area contributed by atoms with Crippen molar-refractivity contribution in [3.05, 3.63) is 65.7 Å². The molecule has 0 radical (unpaired) electrons. The van der Waals surface area contributed by atoms with E-state index in [9.17, 15) is 8.42 Å². The molecule has 0 unspecified atom stereocenters. The Hall–Kier alpha value is -1.65. The minimum absolute atomic E-state index is 0.183. The van der Waals surface area contributed by atoms with Gasteiger partial charge in [-0.2, -0.15) is 4.31 Å². The molecule has 1 fully saturated rings. The molecule has 1 saturated heterocycles. The van der Waals surface area contributed by atoms with Crippen molar-refractivity contribution in [2.75, 3.05) is 6.54 Å². The topological polar surface area (TPSA) is 37.4 Å². The summed E-state index contributed by atoms with van der Waals surface area (Å²) < 4.78 is 27.8. The molecule has 164 valence electrons. The lowest BCUT2D eigenvalue weighted by molar-refractivity contribution is 0.359. The maximum Gasteiger partial charge on any atom is 0.243 e. The zero-order chi connectivity index (χ0) is 21.2. The Bertz CT molecular complexity index is 846. The third-order valence-corrected chi connectivity index (χ3v) is 8.26. The summed E-state index contributed by atoms with van der Waals surface area (Å²) in [5, 5.41) is 0. The number of hydrogen-bond donors (Lipinski definition) is 0. The van der Waals surface area contributed by atoms with Crippen molar-refractivity contribution in [3.8, 4) is 0 Å². The number of unbranched alkanes of at least 4 members (excludes halogenated alkanes) is 6. The van der Waals surface area contributed by atoms with Gasteiger partial charge in [-0.15, -0.1) is 0 Å². The van der Waals surface area contributed by atoms with E-state index >= 15 is 0 Å². The highest BCUT2D eigenvalue weighted by molar-refractivity contribution is 7.89. The van der Waals surface area contributed by atoms with Crippen LogP contribution in [-0.2, 0) is 16.4 Å². The Balaban J connectivity index is 1.31. The number of hydrogen-bond acceptors (Lipinski definition) is 2. The second-order valence-electron chi connectivity index (χ2n) is 8.72. The van der Waals surface area contributed by atoms with Crippen LogP contribution in [0.4, 0.5) is 0 Å². The van der Waals surface area contributed by atoms with Crippen LogP contribution < -0.4 is 0 Å². The van der Waals surface area contributed by atoms with Gasteiger partial charge in [0, 0.05) is 12.6 Å². The van der Waals surface area contributed by atoms with Gasteiger partial charge in [-0.3, -0.25) is 0 Å². The summed E-state index contributed by atoms with van der Waals surface area (Å²) in [6, 6.07) is 18.2. The fourth-order valence-corrected chi connectivity index (χ4v) is 6.22. The molecule has 3 rings (SSSR count). The van der Waals surface area contributed by atoms with Crippen molar-refractivity contribution >= 4 is 10.0 Å². The summed E-state index contributed by atoms with van der Waals surface area (Å²) in [5.41, 5.74) is 2.53. The Morgan fingerprint density at radius 2 is 1.47 bits per heavy atom. The van der Waals surface area contributed by atoms with Gasteiger partial charge >= 0.3 is 0 Å². The molecule has 2 aromatic rings. The summed E-state index contributed by atoms with van der Waals surface area (Å²) in [6.45, 7) is 2.65. The van der Waals surface area contributed by atoms with E-state index in [0.717, 1.165) is 31.2 Å². The molecule has 1 aliphatic rings. The molecule has 0 aromatic heterocycles. The molecule has 2 aromatic carbocycles. The van der Waals surface area contributed by atoms with Gasteiger partial charge in [-0.1, -0.05) is 86.6 Å². The van der Waals surface area contributed by atoms with Crippen molar-refractivity contribution in [3.63, 3.8) is 0 Å². The Kier molecular flexibility index (Phi) is 8.95. The molecule has 1 atom stereocenters. The van der Waals surface area contributed by atoms with Crippen LogP contribution in [0.15, 0.2) is 59.5 Å². The van der Waals surface area contributed by atoms with E-state index < -0.39 is 10.0 Å². The van der Waals surface area contributed by atoms with Crippen LogP contribution in [0.1, 0.15) is 75.3 Å². The predicted octanol–water partition coefficient (Wildman–Crippen LogP) is 6.51. The van der Waals surface area contributed by atoms with Crippen LogP contribution in [0.25, 0.3) is 0 Å². The molecule has 0 saturated carbocycles. The van der Waals surface area contributed by atoms with Crippen molar-refractivity contribution < 1.29 is 8.42 Å². The maximum atomic E-state index is 13.0. The number of benzene rings is 2. The highest BCUT2D eigenvalue weighted by Crippen LogP contribution is 2.29. The van der Waals surface area contributed by atoms with Crippen LogP contribution >= 0.6 is 0 Å². The third kappa shape index (κ3) is 6.68. The molecule has 3 nitrogen and oxygen atoms in total. The molecule has 0 spiro atoms. The quantitative estimate of drug-likeness (QED) is 0.362. The lowest BCUT2D eigenvalue weighted by atomic mass is 10.0. The second-order valence-corrected chi connectivity index (χ2v) is 10.6. The number of aryl methyl sites for hydroxylation is 2. The molecule has 30 heavy (non-hydrogen) atoms. The minimum atomic E-state index is -3.35. The van der Waals surface area contributed by atoms with E-state index in [1.165, 1.54) is 50.5 Å². The zero-order valence-electron chi connectivity index (χ0n) is 18.4. The molecule has 0 bridgehead atoms. The maximum absolute atomic E-state index is 13.0. The van der Waals surface area contributed by atoms with E-state index in [-0.39, 0.29) is 6.04 Å². The third-order valence-electron chi connectivity index (χ3n) is 6.30. The van der Waals surface area contributed by atoms with E-state index in [2.05, 4.69) is 30.3 Å². The zero-order valence-corrected chi connectivity index (χ0v) is 19.2. The average Bonchev–Trinajstić information content (AvgIpc) is 3.23. The summed E-state index contributed by atoms with van der Waals surface area (Å²) in [7, 11) is -3.35. The Morgan fingerprint density at radius 3 is 2.17 bits per heavy atom. The van der Waals surface area contributed by atoms with Gasteiger partial charge in [0.1, 0.15) is 0 Å². The number of rotatable bonds is 12. The fourth-order valence-electron chi connectivity index (χ4n) is 4.50. The van der Waals surface area contributed by atoms with Gasteiger partial charge < -0.3 is 0 Å². The first-order chi connectivity index (χ1) is 14.6. The highest BCUT2D eigenvalue weighted by Gasteiger charge is 2.34. The van der Waals surface area contributed by atoms with Crippen LogP contribution in [-0.4, -0.2) is 25.3 Å². The average molecular weight is 428 g/mol. The lowest BCUT2D eigenvalue weighted by Crippen LogP contribution is -2.35. The lowest BCUT2D eigenvalue weighted by Gasteiger charge is -2.24. The highest BCUT2D eigenvalue weighted by atomic mass is 32.2. The first-order valence-corrected chi connectivity index (χ1v) is 13.1. The largest absolute Gasteiger partial charge is 0.243 e. The van der Waals surface area contributed by atoms with Gasteiger partial charge in [0.15, 0.2) is 0 Å². The van der Waals surface area contributed by atoms with Crippen LogP contribution in [0, 0.1) is 6.92 Å². The van der Waals surface area contributed by atoms with Crippen LogP contribution in [0.2, 0.25) is 0 Å². The molecule has 1 heterocycles. The molecular formula is C26H37NO2S. The normalized spacial score (nSPS) is 17.4. The fraction of sp³-hybridized carbons (Fsp3) is 0.538. The van der Waals surface area contributed by atoms with Gasteiger partial charge in [0.05, 0.1) is 4.90 Å². The number of nitrogens with zero attached hydrogens (tertiary/aromatic N) is 1. The first kappa shape index (κ1) is 23.0. The Morgan fingerprint density at radius 1 is 0.833 bits per heavy atom. The van der Waals surface area contributed by atoms with Crippen molar-refractivity contribution in [2.24, 2.45) is 0 Å². The molecule has 4 heteroatoms. The van der Waals surface area contributed by atoms with Gasteiger partial charge in [-0.05, 0) is 56.7 Å². The minimum Gasteiger partial charge on any atom is -0.207 e. The summed E-state index contributed by atoms with van der Waals surface area (Å²) in [5.74, 6) is 0. The molecule has 1 aliphatic heterocycles. The summed E-state index contributed by atoms with van der Waals surface area (Å²) >= 11 is 0. The summed E-state index contributed by atoms with van der Waals surface area (Å²) in [4.78, 5) is 0.440. The van der Waals surface area contributed by atoms with E-state index in [1.54, 1.807) is 16.4 Å². The van der Waals surface area contributed by atoms with Crippen molar-refractivity contribution in [1.82, 2.24) is 4.31 Å². The van der Waals surface area contributed by atoms with E-state index in [4.69, 9.17) is 0 Å². The molecule has 0 N–H and O–H groups in total. The monoisotopic (exact) mass is 427 g/mol. The molecule has 0 aliphatic carbocycles. The van der Waals surface area contributed by atoms with Gasteiger partial charge in [0.25, 0.3) is 0 Å². The van der Waals surface area contributed by atoms with Gasteiger partial charge in [0.2, 0.25) is 10.0 Å². The molecule has 0 amide bonds. The second kappa shape index (κ2) is 11.7. The SMILES string of the molecule is Cc1ccc(S(=O)(=O)N2CCC[C@H]2CCCCCCCCCc2ccccc2)cc1. The van der Waals surface area contributed by atoms with Gasteiger partial charge in [-0.25, -0.2) is 8.42 Å². The van der Waals surface area contributed by atoms with E-state index in [1.807, 2.05) is 19.1 Å². The van der Waals surface area contributed by atoms with Crippen molar-refractivity contribution in [2.45, 2.75) is 88.5 Å². The summed E-state index contributed by atoms with van der Waals surface area (Å²) in [6.07, 6.45) is 13.0. The standard InChI is InChI=1S/C26H37NO2S/c1-23-18-20-26(21-19-23)30(28,29)27-22-12-17-25(27)16-11-6-4-2-3-5-8-13-24-14-9-7-10-15-24/h7,9-10,14-15,18-21,25H,2-6,8,11-13,16-17,22H2,1H3/t25-/m1/s1. The van der Waals surface area contributed by atoms with Crippen LogP contribution in [0.5, 0.6) is 0 Å². The first-order valence-electron chi connectivity index (χ1n) is 11.7. The van der Waals surface area contributed by atoms with Crippen LogP contribution in [0.3, 0.4) is 0 Å². The smallest absolute Gasteiger partial charge is 0.207 e.